The molecule has 122 valence electrons. The summed E-state index contributed by atoms with van der Waals surface area (Å²) in [6, 6.07) is 5.57. The standard InChI is InChI=1S/C16H20N4O3/c1-10(16-18-11(2)19-23-16)17-12-6-7-13(14(9-12)22-3)20-8-4-5-15(20)21/h6-7,9-10,17H,4-5,8H2,1-3H3. The predicted molar refractivity (Wildman–Crippen MR) is 85.7 cm³/mol. The van der Waals surface area contributed by atoms with E-state index in [4.69, 9.17) is 9.26 Å². The van der Waals surface area contributed by atoms with Gasteiger partial charge in [0.15, 0.2) is 5.82 Å². The van der Waals surface area contributed by atoms with E-state index in [9.17, 15) is 4.79 Å². The first-order chi connectivity index (χ1) is 11.1. The molecule has 0 saturated carbocycles. The van der Waals surface area contributed by atoms with Crippen molar-refractivity contribution in [2.45, 2.75) is 32.7 Å². The minimum absolute atomic E-state index is 0.125. The van der Waals surface area contributed by atoms with Gasteiger partial charge in [-0.25, -0.2) is 0 Å². The number of aromatic nitrogens is 2. The quantitative estimate of drug-likeness (QED) is 0.913. The van der Waals surface area contributed by atoms with Crippen LogP contribution in [0.5, 0.6) is 5.75 Å². The third kappa shape index (κ3) is 3.13. The van der Waals surface area contributed by atoms with Gasteiger partial charge in [0.25, 0.3) is 0 Å². The highest BCUT2D eigenvalue weighted by molar-refractivity contribution is 5.97. The average Bonchev–Trinajstić information content (AvgIpc) is 3.16. The second-order valence-electron chi connectivity index (χ2n) is 5.58. The molecule has 1 aromatic heterocycles. The molecule has 1 unspecified atom stereocenters. The maximum Gasteiger partial charge on any atom is 0.248 e. The summed E-state index contributed by atoms with van der Waals surface area (Å²) in [5, 5.41) is 7.09. The van der Waals surface area contributed by atoms with E-state index in [1.807, 2.05) is 25.1 Å². The number of nitrogens with zero attached hydrogens (tertiary/aromatic N) is 3. The van der Waals surface area contributed by atoms with Crippen LogP contribution in [0.2, 0.25) is 0 Å². The molecule has 7 heteroatoms. The van der Waals surface area contributed by atoms with E-state index in [1.165, 1.54) is 0 Å². The highest BCUT2D eigenvalue weighted by Gasteiger charge is 2.24. The van der Waals surface area contributed by atoms with Gasteiger partial charge in [-0.05, 0) is 32.4 Å². The maximum absolute atomic E-state index is 11.9. The van der Waals surface area contributed by atoms with Crippen molar-refractivity contribution in [1.29, 1.82) is 0 Å². The molecule has 0 radical (unpaired) electrons. The number of nitrogens with one attached hydrogen (secondary N) is 1. The molecule has 1 aliphatic rings. The van der Waals surface area contributed by atoms with Crippen molar-refractivity contribution in [1.82, 2.24) is 10.1 Å². The largest absolute Gasteiger partial charge is 0.494 e. The molecular weight excluding hydrogens is 296 g/mol. The number of carbonyl (C=O) groups excluding carboxylic acids is 1. The lowest BCUT2D eigenvalue weighted by molar-refractivity contribution is -0.117. The molecule has 3 rings (SSSR count). The SMILES string of the molecule is COc1cc(NC(C)c2nc(C)no2)ccc1N1CCCC1=O. The van der Waals surface area contributed by atoms with Gasteiger partial charge in [0.1, 0.15) is 11.8 Å². The van der Waals surface area contributed by atoms with E-state index in [0.29, 0.717) is 23.9 Å². The lowest BCUT2D eigenvalue weighted by Crippen LogP contribution is -2.24. The molecule has 1 saturated heterocycles. The monoisotopic (exact) mass is 316 g/mol. The van der Waals surface area contributed by atoms with Gasteiger partial charge in [0.05, 0.1) is 12.8 Å². The minimum Gasteiger partial charge on any atom is -0.494 e. The number of ether oxygens (including phenoxy) is 1. The van der Waals surface area contributed by atoms with Gasteiger partial charge >= 0.3 is 0 Å². The van der Waals surface area contributed by atoms with Crippen molar-refractivity contribution in [2.75, 3.05) is 23.9 Å². The Hall–Kier alpha value is -2.57. The lowest BCUT2D eigenvalue weighted by Gasteiger charge is -2.20. The van der Waals surface area contributed by atoms with Crippen LogP contribution in [-0.2, 0) is 4.79 Å². The number of carbonyl (C=O) groups is 1. The van der Waals surface area contributed by atoms with Crippen LogP contribution in [0.15, 0.2) is 22.7 Å². The van der Waals surface area contributed by atoms with Crippen LogP contribution in [0.3, 0.4) is 0 Å². The van der Waals surface area contributed by atoms with Crippen LogP contribution in [0, 0.1) is 6.92 Å². The molecule has 0 aliphatic carbocycles. The summed E-state index contributed by atoms with van der Waals surface area (Å²) in [6.45, 7) is 4.46. The van der Waals surface area contributed by atoms with Crippen LogP contribution < -0.4 is 15.0 Å². The molecule has 2 heterocycles. The predicted octanol–water partition coefficient (Wildman–Crippen LogP) is 2.69. The Labute approximate surface area is 134 Å². The second kappa shape index (κ2) is 6.28. The number of anilines is 2. The molecule has 1 atom stereocenters. The fourth-order valence-electron chi connectivity index (χ4n) is 2.69. The van der Waals surface area contributed by atoms with Gasteiger partial charge in [-0.1, -0.05) is 5.16 Å². The summed E-state index contributed by atoms with van der Waals surface area (Å²) >= 11 is 0. The first-order valence-electron chi connectivity index (χ1n) is 7.63. The van der Waals surface area contributed by atoms with Gasteiger partial charge in [0, 0.05) is 24.7 Å². The van der Waals surface area contributed by atoms with Crippen molar-refractivity contribution in [2.24, 2.45) is 0 Å². The number of rotatable bonds is 5. The Morgan fingerprint density at radius 3 is 2.87 bits per heavy atom. The zero-order valence-electron chi connectivity index (χ0n) is 13.5. The Balaban J connectivity index is 1.80. The highest BCUT2D eigenvalue weighted by atomic mass is 16.5. The molecule has 23 heavy (non-hydrogen) atoms. The number of amides is 1. The number of aryl methyl sites for hydroxylation is 1. The molecule has 1 aromatic carbocycles. The number of benzene rings is 1. The smallest absolute Gasteiger partial charge is 0.248 e. The first kappa shape index (κ1) is 15.3. The molecule has 1 amide bonds. The van der Waals surface area contributed by atoms with Crippen molar-refractivity contribution in [3.63, 3.8) is 0 Å². The van der Waals surface area contributed by atoms with Crippen LogP contribution in [-0.4, -0.2) is 29.7 Å². The first-order valence-corrected chi connectivity index (χ1v) is 7.63. The Bertz CT molecular complexity index is 713. The summed E-state index contributed by atoms with van der Waals surface area (Å²) < 4.78 is 10.6. The minimum atomic E-state index is -0.125. The molecule has 2 aromatic rings. The highest BCUT2D eigenvalue weighted by Crippen LogP contribution is 2.34. The van der Waals surface area contributed by atoms with E-state index in [-0.39, 0.29) is 11.9 Å². The summed E-state index contributed by atoms with van der Waals surface area (Å²) in [5.74, 6) is 1.94. The lowest BCUT2D eigenvalue weighted by atomic mass is 10.2. The average molecular weight is 316 g/mol. The van der Waals surface area contributed by atoms with E-state index in [0.717, 1.165) is 24.3 Å². The number of hydrogen-bond acceptors (Lipinski definition) is 6. The zero-order valence-corrected chi connectivity index (χ0v) is 13.5. The molecule has 7 nitrogen and oxygen atoms in total. The zero-order chi connectivity index (χ0) is 16.4. The fourth-order valence-corrected chi connectivity index (χ4v) is 2.69. The summed E-state index contributed by atoms with van der Waals surface area (Å²) in [5.41, 5.74) is 1.67. The van der Waals surface area contributed by atoms with E-state index < -0.39 is 0 Å². The van der Waals surface area contributed by atoms with Crippen LogP contribution in [0.4, 0.5) is 11.4 Å². The van der Waals surface area contributed by atoms with Crippen LogP contribution in [0.1, 0.15) is 37.5 Å². The molecule has 0 bridgehead atoms. The summed E-state index contributed by atoms with van der Waals surface area (Å²) in [6.07, 6.45) is 1.48. The normalized spacial score (nSPS) is 15.8. The third-order valence-electron chi connectivity index (χ3n) is 3.84. The maximum atomic E-state index is 11.9. The van der Waals surface area contributed by atoms with E-state index >= 15 is 0 Å². The number of methoxy groups -OCH3 is 1. The van der Waals surface area contributed by atoms with Gasteiger partial charge in [-0.15, -0.1) is 0 Å². The van der Waals surface area contributed by atoms with Crippen molar-refractivity contribution in [3.05, 3.63) is 29.9 Å². The van der Waals surface area contributed by atoms with E-state index in [1.54, 1.807) is 18.9 Å². The molecule has 1 aliphatic heterocycles. The van der Waals surface area contributed by atoms with Gasteiger partial charge < -0.3 is 19.5 Å². The Kier molecular flexibility index (Phi) is 4.18. The second-order valence-corrected chi connectivity index (χ2v) is 5.58. The third-order valence-corrected chi connectivity index (χ3v) is 3.84. The Morgan fingerprint density at radius 2 is 2.26 bits per heavy atom. The summed E-state index contributed by atoms with van der Waals surface area (Å²) in [4.78, 5) is 17.9. The molecule has 0 spiro atoms. The van der Waals surface area contributed by atoms with Gasteiger partial charge in [0.2, 0.25) is 11.8 Å². The summed E-state index contributed by atoms with van der Waals surface area (Å²) in [7, 11) is 1.61. The van der Waals surface area contributed by atoms with E-state index in [2.05, 4.69) is 15.5 Å². The van der Waals surface area contributed by atoms with Gasteiger partial charge in [-0.2, -0.15) is 4.98 Å². The molecule has 1 fully saturated rings. The van der Waals surface area contributed by atoms with Gasteiger partial charge in [-0.3, -0.25) is 4.79 Å². The van der Waals surface area contributed by atoms with Crippen molar-refractivity contribution < 1.29 is 14.1 Å². The van der Waals surface area contributed by atoms with Crippen LogP contribution >= 0.6 is 0 Å². The molecule has 1 N–H and O–H groups in total. The van der Waals surface area contributed by atoms with Crippen molar-refractivity contribution in [3.8, 4) is 5.75 Å². The topological polar surface area (TPSA) is 80.5 Å². The van der Waals surface area contributed by atoms with Crippen LogP contribution in [0.25, 0.3) is 0 Å². The van der Waals surface area contributed by atoms with Crippen molar-refractivity contribution >= 4 is 17.3 Å². The molecular formula is C16H20N4O3. The Morgan fingerprint density at radius 1 is 1.43 bits per heavy atom. The number of hydrogen-bond donors (Lipinski definition) is 1. The fraction of sp³-hybridized carbons (Fsp3) is 0.438.